The first-order valence-electron chi connectivity index (χ1n) is 6.56. The maximum Gasteiger partial charge on any atom is 0.234 e. The van der Waals surface area contributed by atoms with Gasteiger partial charge in [-0.25, -0.2) is 0 Å². The van der Waals surface area contributed by atoms with Gasteiger partial charge in [0.1, 0.15) is 0 Å². The predicted octanol–water partition coefficient (Wildman–Crippen LogP) is 4.34. The Kier molecular flexibility index (Phi) is 4.46. The molecule has 0 saturated heterocycles. The molecule has 104 valence electrons. The van der Waals surface area contributed by atoms with Crippen molar-refractivity contribution in [2.24, 2.45) is 0 Å². The molecule has 1 amide bonds. The molecule has 20 heavy (non-hydrogen) atoms. The lowest BCUT2D eigenvalue weighted by Gasteiger charge is -2.24. The van der Waals surface area contributed by atoms with E-state index in [0.29, 0.717) is 5.88 Å². The highest BCUT2D eigenvalue weighted by Crippen LogP contribution is 2.26. The molecular weight excluding hydrogens is 270 g/mol. The van der Waals surface area contributed by atoms with Crippen LogP contribution in [0, 0.1) is 0 Å². The summed E-state index contributed by atoms with van der Waals surface area (Å²) < 4.78 is 0. The summed E-state index contributed by atoms with van der Waals surface area (Å²) in [6.07, 6.45) is 0. The van der Waals surface area contributed by atoms with Crippen LogP contribution in [-0.4, -0.2) is 5.91 Å². The number of amides is 1. The number of benzene rings is 2. The van der Waals surface area contributed by atoms with Gasteiger partial charge in [0, 0.05) is 11.6 Å². The molecule has 0 bridgehead atoms. The number of halogens is 1. The molecule has 0 spiro atoms. The molecule has 0 aliphatic heterocycles. The highest BCUT2D eigenvalue weighted by Gasteiger charge is 2.29. The highest BCUT2D eigenvalue weighted by atomic mass is 35.5. The van der Waals surface area contributed by atoms with E-state index in [9.17, 15) is 4.79 Å². The minimum atomic E-state index is -0.597. The largest absolute Gasteiger partial charge is 0.325 e. The molecule has 2 rings (SSSR count). The minimum Gasteiger partial charge on any atom is -0.325 e. The van der Waals surface area contributed by atoms with Gasteiger partial charge >= 0.3 is 0 Å². The quantitative estimate of drug-likeness (QED) is 0.833. The van der Waals surface area contributed by atoms with E-state index in [2.05, 4.69) is 5.32 Å². The average molecular weight is 288 g/mol. The van der Waals surface area contributed by atoms with Crippen LogP contribution >= 0.6 is 11.6 Å². The van der Waals surface area contributed by atoms with Crippen molar-refractivity contribution in [2.45, 2.75) is 25.1 Å². The van der Waals surface area contributed by atoms with E-state index in [0.717, 1.165) is 16.8 Å². The second-order valence-electron chi connectivity index (χ2n) is 5.24. The second kappa shape index (κ2) is 6.10. The first-order chi connectivity index (χ1) is 9.55. The maximum atomic E-state index is 12.5. The van der Waals surface area contributed by atoms with Crippen molar-refractivity contribution in [1.29, 1.82) is 0 Å². The lowest BCUT2D eigenvalue weighted by Crippen LogP contribution is -2.34. The zero-order valence-corrected chi connectivity index (χ0v) is 12.4. The molecule has 2 aromatic rings. The third-order valence-electron chi connectivity index (χ3n) is 3.47. The first-order valence-corrected chi connectivity index (χ1v) is 7.10. The molecule has 2 nitrogen and oxygen atoms in total. The molecule has 0 aromatic heterocycles. The van der Waals surface area contributed by atoms with Gasteiger partial charge in [-0.3, -0.25) is 4.79 Å². The molecule has 0 aliphatic carbocycles. The molecule has 0 atom stereocenters. The summed E-state index contributed by atoms with van der Waals surface area (Å²) in [5, 5.41) is 2.98. The minimum absolute atomic E-state index is 0.0405. The Morgan fingerprint density at radius 3 is 2.30 bits per heavy atom. The lowest BCUT2D eigenvalue weighted by molar-refractivity contribution is -0.120. The summed E-state index contributed by atoms with van der Waals surface area (Å²) in [6, 6.07) is 17.3. The SMILES string of the molecule is CC(C)(C(=O)Nc1ccccc1CCl)c1ccccc1. The van der Waals surface area contributed by atoms with E-state index in [1.165, 1.54) is 0 Å². The van der Waals surface area contributed by atoms with E-state index in [-0.39, 0.29) is 5.91 Å². The average Bonchev–Trinajstić information content (AvgIpc) is 2.48. The number of rotatable bonds is 4. The van der Waals surface area contributed by atoms with Gasteiger partial charge in [0.25, 0.3) is 0 Å². The van der Waals surface area contributed by atoms with Crippen molar-refractivity contribution in [3.05, 3.63) is 65.7 Å². The fourth-order valence-electron chi connectivity index (χ4n) is 2.02. The number of alkyl halides is 1. The summed E-state index contributed by atoms with van der Waals surface area (Å²) in [6.45, 7) is 3.84. The van der Waals surface area contributed by atoms with Crippen LogP contribution in [0.2, 0.25) is 0 Å². The van der Waals surface area contributed by atoms with Crippen LogP contribution in [0.3, 0.4) is 0 Å². The summed E-state index contributed by atoms with van der Waals surface area (Å²) in [4.78, 5) is 12.5. The number of hydrogen-bond donors (Lipinski definition) is 1. The fourth-order valence-corrected chi connectivity index (χ4v) is 2.26. The number of anilines is 1. The molecule has 0 radical (unpaired) electrons. The standard InChI is InChI=1S/C17H18ClNO/c1-17(2,14-9-4-3-5-10-14)16(20)19-15-11-7-6-8-13(15)12-18/h3-11H,12H2,1-2H3,(H,19,20). The van der Waals surface area contributed by atoms with Crippen LogP contribution in [0.15, 0.2) is 54.6 Å². The van der Waals surface area contributed by atoms with Crippen LogP contribution in [0.5, 0.6) is 0 Å². The lowest BCUT2D eigenvalue weighted by atomic mass is 9.83. The van der Waals surface area contributed by atoms with Gasteiger partial charge in [-0.15, -0.1) is 11.6 Å². The van der Waals surface area contributed by atoms with Gasteiger partial charge in [-0.2, -0.15) is 0 Å². The third kappa shape index (κ3) is 3.02. The fraction of sp³-hybridized carbons (Fsp3) is 0.235. The van der Waals surface area contributed by atoms with Gasteiger partial charge in [-0.05, 0) is 31.0 Å². The number of carbonyl (C=O) groups is 1. The summed E-state index contributed by atoms with van der Waals surface area (Å²) in [7, 11) is 0. The number of nitrogens with one attached hydrogen (secondary N) is 1. The third-order valence-corrected chi connectivity index (χ3v) is 3.76. The number of para-hydroxylation sites is 1. The Bertz CT molecular complexity index is 593. The maximum absolute atomic E-state index is 12.5. The van der Waals surface area contributed by atoms with E-state index >= 15 is 0 Å². The van der Waals surface area contributed by atoms with Crippen molar-refractivity contribution in [1.82, 2.24) is 0 Å². The Morgan fingerprint density at radius 1 is 1.05 bits per heavy atom. The Hall–Kier alpha value is -1.80. The molecule has 2 aromatic carbocycles. The van der Waals surface area contributed by atoms with Crippen molar-refractivity contribution in [3.63, 3.8) is 0 Å². The van der Waals surface area contributed by atoms with Crippen LogP contribution in [0.1, 0.15) is 25.0 Å². The van der Waals surface area contributed by atoms with E-state index < -0.39 is 5.41 Å². The van der Waals surface area contributed by atoms with Crippen LogP contribution < -0.4 is 5.32 Å². The zero-order valence-electron chi connectivity index (χ0n) is 11.7. The highest BCUT2D eigenvalue weighted by molar-refractivity contribution is 6.17. The van der Waals surface area contributed by atoms with Gasteiger partial charge in [0.05, 0.1) is 5.41 Å². The van der Waals surface area contributed by atoms with E-state index in [1.54, 1.807) is 0 Å². The van der Waals surface area contributed by atoms with Crippen LogP contribution in [0.4, 0.5) is 5.69 Å². The van der Waals surface area contributed by atoms with Crippen molar-refractivity contribution >= 4 is 23.2 Å². The van der Waals surface area contributed by atoms with Gasteiger partial charge < -0.3 is 5.32 Å². The Morgan fingerprint density at radius 2 is 1.65 bits per heavy atom. The van der Waals surface area contributed by atoms with Crippen LogP contribution in [-0.2, 0) is 16.1 Å². The topological polar surface area (TPSA) is 29.1 Å². The Balaban J connectivity index is 2.24. The van der Waals surface area contributed by atoms with Gasteiger partial charge in [0.15, 0.2) is 0 Å². The summed E-state index contributed by atoms with van der Waals surface area (Å²) >= 11 is 5.90. The van der Waals surface area contributed by atoms with E-state index in [4.69, 9.17) is 11.6 Å². The molecular formula is C17H18ClNO. The zero-order chi connectivity index (χ0) is 14.6. The predicted molar refractivity (Wildman–Crippen MR) is 84.1 cm³/mol. The smallest absolute Gasteiger partial charge is 0.234 e. The molecule has 0 saturated carbocycles. The van der Waals surface area contributed by atoms with Crippen molar-refractivity contribution in [2.75, 3.05) is 5.32 Å². The second-order valence-corrected chi connectivity index (χ2v) is 5.50. The normalized spacial score (nSPS) is 11.2. The molecule has 0 fully saturated rings. The summed E-state index contributed by atoms with van der Waals surface area (Å²) in [5.41, 5.74) is 2.09. The molecule has 1 N–H and O–H groups in total. The van der Waals surface area contributed by atoms with Gasteiger partial charge in [-0.1, -0.05) is 48.5 Å². The van der Waals surface area contributed by atoms with E-state index in [1.807, 2.05) is 68.4 Å². The molecule has 0 aliphatic rings. The first kappa shape index (κ1) is 14.6. The monoisotopic (exact) mass is 287 g/mol. The molecule has 3 heteroatoms. The van der Waals surface area contributed by atoms with Gasteiger partial charge in [0.2, 0.25) is 5.91 Å². The van der Waals surface area contributed by atoms with Crippen molar-refractivity contribution < 1.29 is 4.79 Å². The molecule has 0 unspecified atom stereocenters. The van der Waals surface area contributed by atoms with Crippen molar-refractivity contribution in [3.8, 4) is 0 Å². The number of carbonyl (C=O) groups excluding carboxylic acids is 1. The molecule has 0 heterocycles. The Labute approximate surface area is 124 Å². The number of hydrogen-bond acceptors (Lipinski definition) is 1. The summed E-state index contributed by atoms with van der Waals surface area (Å²) in [5.74, 6) is 0.337. The van der Waals surface area contributed by atoms with Crippen LogP contribution in [0.25, 0.3) is 0 Å².